The van der Waals surface area contributed by atoms with Gasteiger partial charge in [0.25, 0.3) is 0 Å². The lowest BCUT2D eigenvalue weighted by atomic mass is 9.92. The minimum atomic E-state index is 0.284. The number of nitrogens with zero attached hydrogens (tertiary/aromatic N) is 3. The molecule has 21 heavy (non-hydrogen) atoms. The van der Waals surface area contributed by atoms with Crippen LogP contribution in [-0.2, 0) is 0 Å². The van der Waals surface area contributed by atoms with Crippen LogP contribution in [0.4, 0.5) is 0 Å². The third-order valence-corrected chi connectivity index (χ3v) is 4.45. The highest BCUT2D eigenvalue weighted by atomic mass is 16.5. The van der Waals surface area contributed by atoms with Crippen LogP contribution in [0.2, 0.25) is 0 Å². The largest absolute Gasteiger partial charge is 0.508 e. The van der Waals surface area contributed by atoms with Gasteiger partial charge in [0.1, 0.15) is 5.75 Å². The van der Waals surface area contributed by atoms with Crippen molar-refractivity contribution in [1.29, 1.82) is 0 Å². The van der Waals surface area contributed by atoms with E-state index in [9.17, 15) is 5.11 Å². The average Bonchev–Trinajstić information content (AvgIpc) is 2.94. The van der Waals surface area contributed by atoms with Crippen molar-refractivity contribution in [3.8, 4) is 17.1 Å². The molecule has 0 aliphatic carbocycles. The van der Waals surface area contributed by atoms with Crippen LogP contribution >= 0.6 is 0 Å². The van der Waals surface area contributed by atoms with Gasteiger partial charge >= 0.3 is 0 Å². The fourth-order valence-corrected chi connectivity index (χ4v) is 2.83. The molecule has 0 saturated carbocycles. The van der Waals surface area contributed by atoms with Gasteiger partial charge in [0.2, 0.25) is 11.7 Å². The number of phenolic OH excluding ortho intramolecular Hbond substituents is 1. The Labute approximate surface area is 124 Å². The van der Waals surface area contributed by atoms with Gasteiger partial charge in [-0.25, -0.2) is 0 Å². The predicted molar refractivity (Wildman–Crippen MR) is 80.2 cm³/mol. The maximum Gasteiger partial charge on any atom is 0.230 e. The molecule has 1 aromatic carbocycles. The molecule has 2 atom stereocenters. The Morgan fingerprint density at radius 2 is 2.19 bits per heavy atom. The van der Waals surface area contributed by atoms with Crippen LogP contribution in [0.3, 0.4) is 0 Å². The van der Waals surface area contributed by atoms with Crippen molar-refractivity contribution in [3.05, 3.63) is 29.7 Å². The maximum absolute atomic E-state index is 9.58. The molecular formula is C16H21N3O2. The Morgan fingerprint density at radius 1 is 1.38 bits per heavy atom. The van der Waals surface area contributed by atoms with Crippen molar-refractivity contribution >= 4 is 0 Å². The maximum atomic E-state index is 9.58. The van der Waals surface area contributed by atoms with Crippen LogP contribution in [0.15, 0.2) is 22.7 Å². The molecular weight excluding hydrogens is 266 g/mol. The number of aromatic nitrogens is 2. The van der Waals surface area contributed by atoms with Gasteiger partial charge in [0.15, 0.2) is 0 Å². The highest BCUT2D eigenvalue weighted by Gasteiger charge is 2.28. The van der Waals surface area contributed by atoms with Gasteiger partial charge in [0, 0.05) is 17.5 Å². The second-order valence-corrected chi connectivity index (χ2v) is 6.01. The summed E-state index contributed by atoms with van der Waals surface area (Å²) in [6.07, 6.45) is 2.10. The van der Waals surface area contributed by atoms with Gasteiger partial charge in [-0.2, -0.15) is 4.98 Å². The molecule has 1 N–H and O–H groups in total. The average molecular weight is 287 g/mol. The van der Waals surface area contributed by atoms with E-state index in [4.69, 9.17) is 4.52 Å². The molecule has 0 bridgehead atoms. The van der Waals surface area contributed by atoms with Gasteiger partial charge in [-0.15, -0.1) is 0 Å². The lowest BCUT2D eigenvalue weighted by molar-refractivity contribution is 0.166. The van der Waals surface area contributed by atoms with Crippen LogP contribution in [-0.4, -0.2) is 39.8 Å². The van der Waals surface area contributed by atoms with E-state index in [1.54, 1.807) is 6.07 Å². The Hall–Kier alpha value is -1.88. The lowest BCUT2D eigenvalue weighted by Gasteiger charge is -2.33. The summed E-state index contributed by atoms with van der Waals surface area (Å²) in [6.45, 7) is 5.15. The summed E-state index contributed by atoms with van der Waals surface area (Å²) in [4.78, 5) is 6.91. The highest BCUT2D eigenvalue weighted by Crippen LogP contribution is 2.31. The third-order valence-electron chi connectivity index (χ3n) is 4.45. The Kier molecular flexibility index (Phi) is 3.68. The highest BCUT2D eigenvalue weighted by molar-refractivity contribution is 5.57. The molecule has 1 fully saturated rings. The topological polar surface area (TPSA) is 62.4 Å². The molecule has 5 nitrogen and oxygen atoms in total. The molecule has 0 radical (unpaired) electrons. The number of hydrogen-bond donors (Lipinski definition) is 1. The van der Waals surface area contributed by atoms with Crippen molar-refractivity contribution in [1.82, 2.24) is 15.0 Å². The van der Waals surface area contributed by atoms with E-state index < -0.39 is 0 Å². The Balaban J connectivity index is 1.81. The van der Waals surface area contributed by atoms with E-state index in [1.807, 2.05) is 19.1 Å². The van der Waals surface area contributed by atoms with Crippen molar-refractivity contribution in [2.45, 2.75) is 38.6 Å². The van der Waals surface area contributed by atoms with Crippen molar-refractivity contribution < 1.29 is 9.63 Å². The normalized spacial score (nSPS) is 23.4. The van der Waals surface area contributed by atoms with E-state index in [0.717, 1.165) is 36.4 Å². The summed E-state index contributed by atoms with van der Waals surface area (Å²) in [7, 11) is 2.15. The number of piperidine rings is 1. The second-order valence-electron chi connectivity index (χ2n) is 6.01. The van der Waals surface area contributed by atoms with Crippen LogP contribution < -0.4 is 0 Å². The van der Waals surface area contributed by atoms with Crippen LogP contribution in [0.1, 0.15) is 37.1 Å². The predicted octanol–water partition coefficient (Wildman–Crippen LogP) is 2.95. The van der Waals surface area contributed by atoms with Gasteiger partial charge in [0.05, 0.1) is 0 Å². The SMILES string of the molecule is Cc1cc(-c2noc([C@H]3CCN(C)[C@@H](C)C3)n2)ccc1O. The Morgan fingerprint density at radius 3 is 2.90 bits per heavy atom. The van der Waals surface area contributed by atoms with E-state index in [-0.39, 0.29) is 5.75 Å². The number of benzene rings is 1. The zero-order valence-corrected chi connectivity index (χ0v) is 12.7. The molecule has 0 spiro atoms. The van der Waals surface area contributed by atoms with E-state index >= 15 is 0 Å². The number of aromatic hydroxyl groups is 1. The fourth-order valence-electron chi connectivity index (χ4n) is 2.83. The fraction of sp³-hybridized carbons (Fsp3) is 0.500. The summed E-state index contributed by atoms with van der Waals surface area (Å²) in [5.74, 6) is 1.96. The molecule has 1 aliphatic rings. The molecule has 1 aliphatic heterocycles. The van der Waals surface area contributed by atoms with Gasteiger partial charge in [-0.05, 0) is 64.0 Å². The number of rotatable bonds is 2. The monoisotopic (exact) mass is 287 g/mol. The molecule has 3 rings (SSSR count). The first-order valence-electron chi connectivity index (χ1n) is 7.38. The molecule has 1 saturated heterocycles. The van der Waals surface area contributed by atoms with Crippen molar-refractivity contribution in [2.24, 2.45) is 0 Å². The van der Waals surface area contributed by atoms with Crippen LogP contribution in [0.5, 0.6) is 5.75 Å². The first-order chi connectivity index (χ1) is 10.0. The van der Waals surface area contributed by atoms with E-state index in [2.05, 4.69) is 29.0 Å². The molecule has 2 aromatic rings. The number of phenols is 1. The van der Waals surface area contributed by atoms with Gasteiger partial charge in [-0.3, -0.25) is 0 Å². The minimum absolute atomic E-state index is 0.284. The van der Waals surface area contributed by atoms with Crippen LogP contribution in [0.25, 0.3) is 11.4 Å². The van der Waals surface area contributed by atoms with Gasteiger partial charge < -0.3 is 14.5 Å². The molecule has 0 unspecified atom stereocenters. The summed E-state index contributed by atoms with van der Waals surface area (Å²) in [5, 5.41) is 13.7. The van der Waals surface area contributed by atoms with E-state index in [0.29, 0.717) is 17.8 Å². The second kappa shape index (κ2) is 5.48. The summed E-state index contributed by atoms with van der Waals surface area (Å²) >= 11 is 0. The lowest BCUT2D eigenvalue weighted by Crippen LogP contribution is -2.36. The zero-order chi connectivity index (χ0) is 15.0. The molecule has 2 heterocycles. The summed E-state index contributed by atoms with van der Waals surface area (Å²) in [6, 6.07) is 5.89. The smallest absolute Gasteiger partial charge is 0.230 e. The van der Waals surface area contributed by atoms with Gasteiger partial charge in [-0.1, -0.05) is 5.16 Å². The van der Waals surface area contributed by atoms with E-state index in [1.165, 1.54) is 0 Å². The number of hydrogen-bond acceptors (Lipinski definition) is 5. The minimum Gasteiger partial charge on any atom is -0.508 e. The standard InChI is InChI=1S/C16H21N3O2/c1-10-8-12(4-5-14(10)20)15-17-16(21-18-15)13-6-7-19(3)11(2)9-13/h4-5,8,11,13,20H,6-7,9H2,1-3H3/t11-,13-/m0/s1. The Bertz CT molecular complexity index is 638. The zero-order valence-electron chi connectivity index (χ0n) is 12.7. The summed E-state index contributed by atoms with van der Waals surface area (Å²) < 4.78 is 5.47. The number of likely N-dealkylation sites (tertiary alicyclic amines) is 1. The van der Waals surface area contributed by atoms with Crippen molar-refractivity contribution in [3.63, 3.8) is 0 Å². The van der Waals surface area contributed by atoms with Crippen LogP contribution in [0, 0.1) is 6.92 Å². The first kappa shape index (κ1) is 14.1. The molecule has 0 amide bonds. The molecule has 112 valence electrons. The third kappa shape index (κ3) is 2.78. The molecule has 1 aromatic heterocycles. The van der Waals surface area contributed by atoms with Crippen molar-refractivity contribution in [2.75, 3.05) is 13.6 Å². The summed E-state index contributed by atoms with van der Waals surface area (Å²) in [5.41, 5.74) is 1.69. The molecule has 5 heteroatoms. The first-order valence-corrected chi connectivity index (χ1v) is 7.38. The quantitative estimate of drug-likeness (QED) is 0.920. The number of aryl methyl sites for hydroxylation is 1.